The van der Waals surface area contributed by atoms with Gasteiger partial charge in [-0.1, -0.05) is 52.5 Å². The Hall–Kier alpha value is -2.25. The third-order valence-electron chi connectivity index (χ3n) is 6.44. The van der Waals surface area contributed by atoms with Crippen LogP contribution in [0.5, 0.6) is 0 Å². The smallest absolute Gasteiger partial charge is 0.326 e. The van der Waals surface area contributed by atoms with E-state index in [2.05, 4.69) is 29.1 Å². The van der Waals surface area contributed by atoms with E-state index in [1.807, 2.05) is 67.5 Å². The lowest BCUT2D eigenvalue weighted by molar-refractivity contribution is -0.138. The normalized spacial score (nSPS) is 17.7. The molecule has 0 radical (unpaired) electrons. The van der Waals surface area contributed by atoms with Gasteiger partial charge in [0.05, 0.1) is 11.0 Å². The van der Waals surface area contributed by atoms with Gasteiger partial charge in [0.1, 0.15) is 0 Å². The number of amides is 1. The van der Waals surface area contributed by atoms with Crippen molar-refractivity contribution in [2.45, 2.75) is 59.4 Å². The fourth-order valence-corrected chi connectivity index (χ4v) is 5.03. The van der Waals surface area contributed by atoms with Gasteiger partial charge in [-0.3, -0.25) is 14.3 Å². The molecule has 2 fully saturated rings. The maximum atomic E-state index is 13.1. The molecule has 0 bridgehead atoms. The molecule has 1 aromatic carbocycles. The van der Waals surface area contributed by atoms with Crippen LogP contribution in [0.2, 0.25) is 0 Å². The quantitative estimate of drug-likeness (QED) is 0.448. The molecule has 188 valence electrons. The van der Waals surface area contributed by atoms with Crippen LogP contribution in [0.3, 0.4) is 0 Å². The minimum atomic E-state index is -0.0531. The number of carbonyl (C=O) groups excluding carboxylic acids is 1. The largest absolute Gasteiger partial charge is 0.342 e. The molecule has 0 spiro atoms. The summed E-state index contributed by atoms with van der Waals surface area (Å²) in [6.45, 7) is 16.2. The van der Waals surface area contributed by atoms with Gasteiger partial charge in [0, 0.05) is 31.6 Å². The predicted molar refractivity (Wildman–Crippen MR) is 147 cm³/mol. The Labute approximate surface area is 210 Å². The molecule has 4 rings (SSSR count). The number of rotatable bonds is 5. The van der Waals surface area contributed by atoms with E-state index in [9.17, 15) is 9.59 Å². The monoisotopic (exact) mass is 486 g/mol. The molecular formula is C27H42N4O2S. The number of aromatic nitrogens is 2. The highest BCUT2D eigenvalue weighted by atomic mass is 32.1. The number of thiol groups is 1. The van der Waals surface area contributed by atoms with Crippen molar-refractivity contribution >= 4 is 29.6 Å². The SMILES string of the molecule is C=C(/C=C\S)CN1CCC(C(=O)N2CCC(n3c(=O)[nH]c4ccccc43)CC2)CC1.CC.CC. The zero-order chi connectivity index (χ0) is 25.1. The van der Waals surface area contributed by atoms with E-state index in [0.717, 1.165) is 75.0 Å². The number of aromatic amines is 1. The van der Waals surface area contributed by atoms with Crippen LogP contribution in [-0.4, -0.2) is 58.0 Å². The molecule has 2 saturated heterocycles. The summed E-state index contributed by atoms with van der Waals surface area (Å²) in [5.41, 5.74) is 2.82. The first-order valence-electron chi connectivity index (χ1n) is 12.8. The number of fused-ring (bicyclic) bond motifs is 1. The van der Waals surface area contributed by atoms with Gasteiger partial charge in [-0.15, -0.1) is 0 Å². The average Bonchev–Trinajstić information content (AvgIpc) is 3.22. The number of likely N-dealkylation sites (tertiary alicyclic amines) is 2. The number of hydrogen-bond acceptors (Lipinski definition) is 4. The highest BCUT2D eigenvalue weighted by Crippen LogP contribution is 2.27. The topological polar surface area (TPSA) is 61.3 Å². The Morgan fingerprint density at radius 3 is 2.29 bits per heavy atom. The zero-order valence-corrected chi connectivity index (χ0v) is 22.2. The standard InChI is InChI=1S/C23H30N4O2S.2C2H6/c1-17(10-15-30)16-25-11-6-18(7-12-25)22(28)26-13-8-19(9-14-26)27-21-5-3-2-4-20(21)24-23(27)29;2*1-2/h2-5,10,15,18-19,30H,1,6-9,11-14,16H2,(H,24,29);2*1-2H3/b15-10-;;. The van der Waals surface area contributed by atoms with Crippen LogP contribution in [0.1, 0.15) is 59.4 Å². The van der Waals surface area contributed by atoms with Gasteiger partial charge in [0.15, 0.2) is 0 Å². The average molecular weight is 487 g/mol. The van der Waals surface area contributed by atoms with Crippen molar-refractivity contribution in [2.24, 2.45) is 5.92 Å². The van der Waals surface area contributed by atoms with Gasteiger partial charge < -0.3 is 9.88 Å². The van der Waals surface area contributed by atoms with E-state index < -0.39 is 0 Å². The molecule has 0 aliphatic carbocycles. The van der Waals surface area contributed by atoms with Crippen molar-refractivity contribution < 1.29 is 4.79 Å². The molecule has 34 heavy (non-hydrogen) atoms. The molecule has 0 atom stereocenters. The maximum absolute atomic E-state index is 13.1. The van der Waals surface area contributed by atoms with E-state index in [0.29, 0.717) is 0 Å². The number of para-hydroxylation sites is 2. The van der Waals surface area contributed by atoms with Gasteiger partial charge in [-0.05, 0) is 61.9 Å². The number of benzene rings is 1. The summed E-state index contributed by atoms with van der Waals surface area (Å²) in [7, 11) is 0. The molecule has 7 heteroatoms. The molecule has 2 aliphatic heterocycles. The first-order valence-corrected chi connectivity index (χ1v) is 13.3. The van der Waals surface area contributed by atoms with Crippen LogP contribution in [0.4, 0.5) is 0 Å². The highest BCUT2D eigenvalue weighted by molar-refractivity contribution is 7.83. The lowest BCUT2D eigenvalue weighted by Gasteiger charge is -2.37. The number of carbonyl (C=O) groups is 1. The summed E-state index contributed by atoms with van der Waals surface area (Å²) in [4.78, 5) is 32.8. The summed E-state index contributed by atoms with van der Waals surface area (Å²) >= 11 is 4.10. The minimum Gasteiger partial charge on any atom is -0.342 e. The first kappa shape index (κ1) is 28.0. The van der Waals surface area contributed by atoms with Gasteiger partial charge in [0.2, 0.25) is 5.91 Å². The molecule has 1 N–H and O–H groups in total. The summed E-state index contributed by atoms with van der Waals surface area (Å²) in [6, 6.07) is 7.95. The van der Waals surface area contributed by atoms with Crippen molar-refractivity contribution in [2.75, 3.05) is 32.7 Å². The lowest BCUT2D eigenvalue weighted by atomic mass is 9.93. The lowest BCUT2D eigenvalue weighted by Crippen LogP contribution is -2.46. The second kappa shape index (κ2) is 14.2. The Morgan fingerprint density at radius 2 is 1.68 bits per heavy atom. The first-order chi connectivity index (χ1) is 16.6. The zero-order valence-electron chi connectivity index (χ0n) is 21.3. The van der Waals surface area contributed by atoms with Crippen LogP contribution in [0.15, 0.2) is 52.7 Å². The van der Waals surface area contributed by atoms with E-state index in [4.69, 9.17) is 0 Å². The summed E-state index contributed by atoms with van der Waals surface area (Å²) in [6.07, 6.45) is 5.37. The number of nitrogens with one attached hydrogen (secondary N) is 1. The minimum absolute atomic E-state index is 0.0531. The fraction of sp³-hybridized carbons (Fsp3) is 0.556. The Balaban J connectivity index is 0.000000970. The van der Waals surface area contributed by atoms with Crippen LogP contribution >= 0.6 is 12.6 Å². The molecule has 6 nitrogen and oxygen atoms in total. The molecule has 3 heterocycles. The van der Waals surface area contributed by atoms with Crippen molar-refractivity contribution in [3.05, 3.63) is 58.4 Å². The number of hydrogen-bond donors (Lipinski definition) is 2. The van der Waals surface area contributed by atoms with E-state index >= 15 is 0 Å². The molecule has 2 aromatic rings. The summed E-state index contributed by atoms with van der Waals surface area (Å²) in [5, 5.41) is 1.71. The van der Waals surface area contributed by atoms with Gasteiger partial charge >= 0.3 is 5.69 Å². The van der Waals surface area contributed by atoms with Crippen LogP contribution in [0, 0.1) is 5.92 Å². The number of nitrogens with zero attached hydrogens (tertiary/aromatic N) is 3. The second-order valence-electron chi connectivity index (χ2n) is 8.40. The summed E-state index contributed by atoms with van der Waals surface area (Å²) in [5.74, 6) is 0.399. The van der Waals surface area contributed by atoms with E-state index in [1.165, 1.54) is 0 Å². The molecule has 1 amide bonds. The van der Waals surface area contributed by atoms with E-state index in [-0.39, 0.29) is 23.6 Å². The summed E-state index contributed by atoms with van der Waals surface area (Å²) < 4.78 is 1.88. The Kier molecular flexibility index (Phi) is 11.7. The van der Waals surface area contributed by atoms with Crippen LogP contribution < -0.4 is 5.69 Å². The number of imidazole rings is 1. The predicted octanol–water partition coefficient (Wildman–Crippen LogP) is 5.26. The Morgan fingerprint density at radius 1 is 1.06 bits per heavy atom. The fourth-order valence-electron chi connectivity index (χ4n) is 4.82. The Bertz CT molecular complexity index is 993. The van der Waals surface area contributed by atoms with Gasteiger partial charge in [0.25, 0.3) is 0 Å². The molecule has 1 aromatic heterocycles. The molecule has 0 unspecified atom stereocenters. The van der Waals surface area contributed by atoms with Gasteiger partial charge in [-0.25, -0.2) is 4.79 Å². The molecular weight excluding hydrogens is 444 g/mol. The molecule has 2 aliphatic rings. The van der Waals surface area contributed by atoms with Crippen molar-refractivity contribution in [3.63, 3.8) is 0 Å². The third kappa shape index (κ3) is 6.89. The number of H-pyrrole nitrogens is 1. The van der Waals surface area contributed by atoms with Gasteiger partial charge in [-0.2, -0.15) is 12.6 Å². The maximum Gasteiger partial charge on any atom is 0.326 e. The van der Waals surface area contributed by atoms with Crippen LogP contribution in [0.25, 0.3) is 11.0 Å². The highest BCUT2D eigenvalue weighted by Gasteiger charge is 2.32. The number of piperidine rings is 2. The molecule has 0 saturated carbocycles. The van der Waals surface area contributed by atoms with Crippen molar-refractivity contribution in [1.29, 1.82) is 0 Å². The van der Waals surface area contributed by atoms with E-state index in [1.54, 1.807) is 5.41 Å². The second-order valence-corrected chi connectivity index (χ2v) is 8.70. The third-order valence-corrected chi connectivity index (χ3v) is 6.59. The van der Waals surface area contributed by atoms with Crippen LogP contribution in [-0.2, 0) is 4.79 Å². The van der Waals surface area contributed by atoms with Crippen molar-refractivity contribution in [3.8, 4) is 0 Å². The van der Waals surface area contributed by atoms with Crippen molar-refractivity contribution in [1.82, 2.24) is 19.4 Å².